The molecule has 0 fully saturated rings. The number of rotatable bonds is 4. The van der Waals surface area contributed by atoms with Gasteiger partial charge in [-0.15, -0.1) is 11.6 Å². The molecule has 1 aromatic rings. The van der Waals surface area contributed by atoms with Gasteiger partial charge in [-0.25, -0.2) is 0 Å². The summed E-state index contributed by atoms with van der Waals surface area (Å²) in [6.45, 7) is 3.87. The fourth-order valence-electron chi connectivity index (χ4n) is 1.03. The fraction of sp³-hybridized carbons (Fsp3) is 0.455. The highest BCUT2D eigenvalue weighted by molar-refractivity contribution is 6.18. The molecule has 14 heavy (non-hydrogen) atoms. The number of ether oxygens (including phenoxy) is 2. The van der Waals surface area contributed by atoms with Crippen molar-refractivity contribution in [2.24, 2.45) is 0 Å². The van der Waals surface area contributed by atoms with Crippen LogP contribution < -0.4 is 9.47 Å². The minimum atomic E-state index is -0.379. The topological polar surface area (TPSA) is 18.5 Å². The molecule has 0 saturated carbocycles. The predicted molar refractivity (Wildman–Crippen MR) is 58.4 cm³/mol. The zero-order valence-corrected chi connectivity index (χ0v) is 9.47. The highest BCUT2D eigenvalue weighted by atomic mass is 35.5. The predicted octanol–water partition coefficient (Wildman–Crippen LogP) is 3.09. The Hall–Kier alpha value is -0.890. The highest BCUT2D eigenvalue weighted by Gasteiger charge is 2.19. The molecule has 0 spiro atoms. The van der Waals surface area contributed by atoms with Gasteiger partial charge in [-0.3, -0.25) is 0 Å². The summed E-state index contributed by atoms with van der Waals surface area (Å²) in [5, 5.41) is 0. The second-order valence-corrected chi connectivity index (χ2v) is 3.91. The van der Waals surface area contributed by atoms with Crippen molar-refractivity contribution in [1.82, 2.24) is 0 Å². The zero-order chi connectivity index (χ0) is 10.6. The summed E-state index contributed by atoms with van der Waals surface area (Å²) in [6.07, 6.45) is 0. The third kappa shape index (κ3) is 2.81. The average molecular weight is 215 g/mol. The minimum Gasteiger partial charge on any atom is -0.493 e. The first kappa shape index (κ1) is 11.2. The largest absolute Gasteiger partial charge is 0.493 e. The van der Waals surface area contributed by atoms with Crippen LogP contribution in [-0.4, -0.2) is 18.6 Å². The molecule has 0 unspecified atom stereocenters. The Kier molecular flexibility index (Phi) is 3.64. The number of hydrogen-bond donors (Lipinski definition) is 0. The molecule has 1 rings (SSSR count). The van der Waals surface area contributed by atoms with Gasteiger partial charge in [0.2, 0.25) is 0 Å². The first-order chi connectivity index (χ1) is 6.59. The molecule has 0 N–H and O–H groups in total. The maximum absolute atomic E-state index is 5.77. The molecule has 1 aromatic carbocycles. The number of halogens is 1. The molecule has 0 aliphatic heterocycles. The van der Waals surface area contributed by atoms with Crippen molar-refractivity contribution in [3.05, 3.63) is 24.3 Å². The zero-order valence-electron chi connectivity index (χ0n) is 8.71. The van der Waals surface area contributed by atoms with E-state index in [1.807, 2.05) is 38.1 Å². The molecule has 2 nitrogen and oxygen atoms in total. The van der Waals surface area contributed by atoms with Crippen LogP contribution in [0.3, 0.4) is 0 Å². The molecule has 0 radical (unpaired) electrons. The van der Waals surface area contributed by atoms with Crippen molar-refractivity contribution in [3.8, 4) is 11.5 Å². The monoisotopic (exact) mass is 214 g/mol. The number of benzene rings is 1. The molecular formula is C11H15ClO2. The fourth-order valence-corrected chi connectivity index (χ4v) is 1.08. The number of methoxy groups -OCH3 is 1. The molecule has 0 amide bonds. The van der Waals surface area contributed by atoms with Crippen LogP contribution in [0.25, 0.3) is 0 Å². The Morgan fingerprint density at radius 2 is 1.79 bits per heavy atom. The highest BCUT2D eigenvalue weighted by Crippen LogP contribution is 2.29. The quantitative estimate of drug-likeness (QED) is 0.718. The molecule has 0 saturated heterocycles. The first-order valence-electron chi connectivity index (χ1n) is 4.47. The second kappa shape index (κ2) is 4.56. The van der Waals surface area contributed by atoms with Gasteiger partial charge in [0.05, 0.1) is 13.0 Å². The Morgan fingerprint density at radius 1 is 1.21 bits per heavy atom. The summed E-state index contributed by atoms with van der Waals surface area (Å²) in [6, 6.07) is 7.54. The molecule has 0 aliphatic carbocycles. The number of hydrogen-bond acceptors (Lipinski definition) is 2. The Balaban J connectivity index is 2.85. The van der Waals surface area contributed by atoms with Gasteiger partial charge in [0.25, 0.3) is 0 Å². The molecule has 3 heteroatoms. The van der Waals surface area contributed by atoms with Gasteiger partial charge in [-0.2, -0.15) is 0 Å². The number of alkyl halides is 1. The summed E-state index contributed by atoms with van der Waals surface area (Å²) >= 11 is 5.77. The summed E-state index contributed by atoms with van der Waals surface area (Å²) in [7, 11) is 1.62. The van der Waals surface area contributed by atoms with E-state index in [2.05, 4.69) is 0 Å². The first-order valence-corrected chi connectivity index (χ1v) is 5.00. The lowest BCUT2D eigenvalue weighted by Crippen LogP contribution is -2.30. The lowest BCUT2D eigenvalue weighted by Gasteiger charge is -2.24. The Labute approximate surface area is 89.8 Å². The van der Waals surface area contributed by atoms with E-state index >= 15 is 0 Å². The summed E-state index contributed by atoms with van der Waals surface area (Å²) in [4.78, 5) is 0. The summed E-state index contributed by atoms with van der Waals surface area (Å²) in [5.41, 5.74) is -0.379. The Bertz CT molecular complexity index is 297. The summed E-state index contributed by atoms with van der Waals surface area (Å²) in [5.74, 6) is 1.89. The van der Waals surface area contributed by atoms with Crippen LogP contribution >= 0.6 is 11.6 Å². The third-order valence-corrected chi connectivity index (χ3v) is 2.42. The SMILES string of the molecule is COc1ccccc1OC(C)(C)CCl. The van der Waals surface area contributed by atoms with Crippen LogP contribution in [0, 0.1) is 0 Å². The third-order valence-electron chi connectivity index (χ3n) is 1.78. The van der Waals surface area contributed by atoms with Crippen LogP contribution in [0.15, 0.2) is 24.3 Å². The van der Waals surface area contributed by atoms with Crippen LogP contribution in [-0.2, 0) is 0 Å². The van der Waals surface area contributed by atoms with E-state index in [4.69, 9.17) is 21.1 Å². The van der Waals surface area contributed by atoms with E-state index in [1.165, 1.54) is 0 Å². The lowest BCUT2D eigenvalue weighted by molar-refractivity contribution is 0.129. The van der Waals surface area contributed by atoms with Crippen molar-refractivity contribution in [3.63, 3.8) is 0 Å². The molecular weight excluding hydrogens is 200 g/mol. The van der Waals surface area contributed by atoms with Crippen molar-refractivity contribution >= 4 is 11.6 Å². The van der Waals surface area contributed by atoms with E-state index in [9.17, 15) is 0 Å². The van der Waals surface area contributed by atoms with Gasteiger partial charge < -0.3 is 9.47 Å². The van der Waals surface area contributed by atoms with Gasteiger partial charge >= 0.3 is 0 Å². The van der Waals surface area contributed by atoms with Crippen molar-refractivity contribution in [2.45, 2.75) is 19.4 Å². The van der Waals surface area contributed by atoms with E-state index in [0.717, 1.165) is 11.5 Å². The second-order valence-electron chi connectivity index (χ2n) is 3.65. The molecule has 0 bridgehead atoms. The molecule has 0 aliphatic rings. The van der Waals surface area contributed by atoms with E-state index in [-0.39, 0.29) is 5.60 Å². The molecule has 0 aromatic heterocycles. The van der Waals surface area contributed by atoms with Gasteiger partial charge in [0, 0.05) is 0 Å². The normalized spacial score (nSPS) is 11.1. The van der Waals surface area contributed by atoms with E-state index < -0.39 is 0 Å². The molecule has 0 heterocycles. The summed E-state index contributed by atoms with van der Waals surface area (Å²) < 4.78 is 10.9. The molecule has 0 atom stereocenters. The number of para-hydroxylation sites is 2. The van der Waals surface area contributed by atoms with Crippen LogP contribution in [0.2, 0.25) is 0 Å². The Morgan fingerprint density at radius 3 is 2.29 bits per heavy atom. The standard InChI is InChI=1S/C11H15ClO2/c1-11(2,8-12)14-10-7-5-4-6-9(10)13-3/h4-7H,8H2,1-3H3. The van der Waals surface area contributed by atoms with Gasteiger partial charge in [-0.05, 0) is 26.0 Å². The van der Waals surface area contributed by atoms with Crippen LogP contribution in [0.5, 0.6) is 11.5 Å². The lowest BCUT2D eigenvalue weighted by atomic mass is 10.2. The van der Waals surface area contributed by atoms with Crippen molar-refractivity contribution in [2.75, 3.05) is 13.0 Å². The van der Waals surface area contributed by atoms with Crippen LogP contribution in [0.4, 0.5) is 0 Å². The van der Waals surface area contributed by atoms with Gasteiger partial charge in [0.15, 0.2) is 11.5 Å². The van der Waals surface area contributed by atoms with Gasteiger partial charge in [-0.1, -0.05) is 12.1 Å². The maximum Gasteiger partial charge on any atom is 0.162 e. The van der Waals surface area contributed by atoms with Crippen molar-refractivity contribution < 1.29 is 9.47 Å². The van der Waals surface area contributed by atoms with Gasteiger partial charge in [0.1, 0.15) is 5.60 Å². The van der Waals surface area contributed by atoms with Crippen molar-refractivity contribution in [1.29, 1.82) is 0 Å². The average Bonchev–Trinajstić information content (AvgIpc) is 2.18. The smallest absolute Gasteiger partial charge is 0.162 e. The maximum atomic E-state index is 5.77. The van der Waals surface area contributed by atoms with Crippen LogP contribution in [0.1, 0.15) is 13.8 Å². The van der Waals surface area contributed by atoms with E-state index in [0.29, 0.717) is 5.88 Å². The molecule has 78 valence electrons. The van der Waals surface area contributed by atoms with E-state index in [1.54, 1.807) is 7.11 Å². The minimum absolute atomic E-state index is 0.379.